The van der Waals surface area contributed by atoms with Gasteiger partial charge in [-0.25, -0.2) is 4.79 Å². The molecule has 1 N–H and O–H groups in total. The van der Waals surface area contributed by atoms with Crippen molar-refractivity contribution in [3.63, 3.8) is 0 Å². The predicted octanol–water partition coefficient (Wildman–Crippen LogP) is 10.1. The van der Waals surface area contributed by atoms with Crippen molar-refractivity contribution in [1.82, 2.24) is 0 Å². The number of esters is 1. The second-order valence-corrected chi connectivity index (χ2v) is 17.0. The molecule has 0 saturated heterocycles. The number of methoxy groups -OCH3 is 1. The summed E-state index contributed by atoms with van der Waals surface area (Å²) < 4.78 is 11.4. The highest BCUT2D eigenvalue weighted by molar-refractivity contribution is 5.87. The summed E-state index contributed by atoms with van der Waals surface area (Å²) in [6.45, 7) is 17.2. The molecule has 0 heterocycles. The van der Waals surface area contributed by atoms with E-state index in [1.165, 1.54) is 83.0 Å². The van der Waals surface area contributed by atoms with Gasteiger partial charge < -0.3 is 14.6 Å². The Morgan fingerprint density at radius 3 is 2.43 bits per heavy atom. The highest BCUT2D eigenvalue weighted by atomic mass is 16.5. The number of hydrogen-bond acceptors (Lipinski definition) is 4. The van der Waals surface area contributed by atoms with E-state index < -0.39 is 0 Å². The van der Waals surface area contributed by atoms with Crippen molar-refractivity contribution in [2.75, 3.05) is 7.11 Å². The Morgan fingerprint density at radius 2 is 1.70 bits per heavy atom. The molecule has 5 fully saturated rings. The highest BCUT2D eigenvalue weighted by Crippen LogP contribution is 2.89. The van der Waals surface area contributed by atoms with Gasteiger partial charge in [0.05, 0.1) is 7.11 Å². The van der Waals surface area contributed by atoms with Crippen LogP contribution >= 0.6 is 0 Å². The minimum absolute atomic E-state index is 0.0305. The van der Waals surface area contributed by atoms with Crippen LogP contribution in [0.3, 0.4) is 0 Å². The Balaban J connectivity index is 1.15. The van der Waals surface area contributed by atoms with Crippen molar-refractivity contribution in [1.29, 1.82) is 0 Å². The van der Waals surface area contributed by atoms with Gasteiger partial charge in [-0.1, -0.05) is 52.3 Å². The van der Waals surface area contributed by atoms with Gasteiger partial charge in [-0.3, -0.25) is 0 Å². The molecule has 9 atom stereocenters. The third kappa shape index (κ3) is 4.62. The molecule has 4 heteroatoms. The maximum atomic E-state index is 13.1. The van der Waals surface area contributed by atoms with Gasteiger partial charge in [0, 0.05) is 11.5 Å². The molecule has 0 unspecified atom stereocenters. The summed E-state index contributed by atoms with van der Waals surface area (Å²) in [6.07, 6.45) is 20.1. The van der Waals surface area contributed by atoms with Crippen LogP contribution in [0.2, 0.25) is 0 Å². The van der Waals surface area contributed by atoms with Crippen LogP contribution in [0.25, 0.3) is 6.08 Å². The van der Waals surface area contributed by atoms with Crippen LogP contribution in [0.4, 0.5) is 0 Å². The van der Waals surface area contributed by atoms with E-state index in [1.54, 1.807) is 24.3 Å². The lowest BCUT2D eigenvalue weighted by Gasteiger charge is -2.63. The fraction of sp³-hybridized carbons (Fsp3) is 0.725. The van der Waals surface area contributed by atoms with Crippen LogP contribution in [0.15, 0.2) is 35.9 Å². The molecule has 242 valence electrons. The molecule has 44 heavy (non-hydrogen) atoms. The van der Waals surface area contributed by atoms with E-state index in [2.05, 4.69) is 54.5 Å². The van der Waals surface area contributed by atoms with E-state index in [0.29, 0.717) is 33.3 Å². The summed E-state index contributed by atoms with van der Waals surface area (Å²) in [4.78, 5) is 13.1. The molecule has 1 aromatic rings. The van der Waals surface area contributed by atoms with Gasteiger partial charge in [0.1, 0.15) is 6.10 Å². The minimum atomic E-state index is -0.276. The number of hydrogen-bond donors (Lipinski definition) is 1. The molecule has 5 aliphatic rings. The lowest BCUT2D eigenvalue weighted by molar-refractivity contribution is -0.179. The molecule has 0 radical (unpaired) electrons. The van der Waals surface area contributed by atoms with E-state index in [-0.39, 0.29) is 23.2 Å². The molecule has 0 amide bonds. The second kappa shape index (κ2) is 10.9. The summed E-state index contributed by atoms with van der Waals surface area (Å²) in [5, 5.41) is 9.88. The summed E-state index contributed by atoms with van der Waals surface area (Å²) in [5.41, 5.74) is 4.08. The summed E-state index contributed by atoms with van der Waals surface area (Å²) >= 11 is 0. The maximum absolute atomic E-state index is 13.1. The van der Waals surface area contributed by atoms with Crippen LogP contribution in [0, 0.1) is 50.7 Å². The smallest absolute Gasteiger partial charge is 0.331 e. The van der Waals surface area contributed by atoms with Crippen molar-refractivity contribution in [3.05, 3.63) is 41.5 Å². The molecule has 1 aromatic carbocycles. The van der Waals surface area contributed by atoms with Gasteiger partial charge in [-0.2, -0.15) is 0 Å². The molecule has 2 spiro atoms. The van der Waals surface area contributed by atoms with Gasteiger partial charge >= 0.3 is 5.97 Å². The van der Waals surface area contributed by atoms with Gasteiger partial charge in [-0.05, 0) is 154 Å². The number of fused-ring (bicyclic) bond motifs is 2. The first-order valence-corrected chi connectivity index (χ1v) is 17.6. The number of rotatable bonds is 8. The number of phenolic OH excluding ortho intramolecular Hbond substituents is 1. The zero-order chi connectivity index (χ0) is 31.7. The minimum Gasteiger partial charge on any atom is -0.504 e. The SMILES string of the molecule is COc1cc(/C=C/C(=O)O[C@H]2CC[C@]34C[C@@]35CC[C@]3(C)[C@@H]([C@H](C)CCC=C(C)C)CC[C@@]3(C)[C@@H]5CC[C@@H]4C2(C)C)ccc1O. The average Bonchev–Trinajstić information content (AvgIpc) is 3.55. The van der Waals surface area contributed by atoms with E-state index >= 15 is 0 Å². The Kier molecular flexibility index (Phi) is 7.89. The van der Waals surface area contributed by atoms with Crippen molar-refractivity contribution < 1.29 is 19.4 Å². The topological polar surface area (TPSA) is 55.8 Å². The number of aromatic hydroxyl groups is 1. The van der Waals surface area contributed by atoms with Crippen molar-refractivity contribution in [3.8, 4) is 11.5 Å². The normalized spacial score (nSPS) is 40.6. The zero-order valence-electron chi connectivity index (χ0n) is 28.8. The van der Waals surface area contributed by atoms with Crippen LogP contribution in [-0.4, -0.2) is 24.3 Å². The van der Waals surface area contributed by atoms with Gasteiger partial charge in [0.15, 0.2) is 11.5 Å². The Labute approximate surface area is 267 Å². The Bertz CT molecular complexity index is 1340. The van der Waals surface area contributed by atoms with Crippen LogP contribution < -0.4 is 4.74 Å². The number of carbonyl (C=O) groups is 1. The molecular weight excluding hydrogens is 544 g/mol. The molecule has 0 aliphatic heterocycles. The second-order valence-electron chi connectivity index (χ2n) is 17.0. The summed E-state index contributed by atoms with van der Waals surface area (Å²) in [6, 6.07) is 5.09. The first kappa shape index (κ1) is 31.7. The highest BCUT2D eigenvalue weighted by Gasteiger charge is 2.82. The van der Waals surface area contributed by atoms with Gasteiger partial charge in [-0.15, -0.1) is 0 Å². The summed E-state index contributed by atoms with van der Waals surface area (Å²) in [5.74, 6) is 3.33. The molecule has 0 bridgehead atoms. The van der Waals surface area contributed by atoms with Crippen molar-refractivity contribution >= 4 is 12.0 Å². The lowest BCUT2D eigenvalue weighted by atomic mass is 9.41. The fourth-order valence-corrected chi connectivity index (χ4v) is 12.5. The molecular formula is C40H58O4. The number of phenols is 1. The average molecular weight is 603 g/mol. The van der Waals surface area contributed by atoms with E-state index in [0.717, 1.165) is 29.7 Å². The number of allylic oxidation sites excluding steroid dienone is 2. The number of carbonyl (C=O) groups excluding carboxylic acids is 1. The van der Waals surface area contributed by atoms with Gasteiger partial charge in [0.2, 0.25) is 0 Å². The van der Waals surface area contributed by atoms with E-state index in [9.17, 15) is 9.90 Å². The quantitative estimate of drug-likeness (QED) is 0.183. The zero-order valence-corrected chi connectivity index (χ0v) is 28.8. The number of benzene rings is 1. The summed E-state index contributed by atoms with van der Waals surface area (Å²) in [7, 11) is 1.53. The standard InChI is InChI=1S/C40H58O4/c1-26(2)10-9-11-27(3)29-18-20-38(7)33-16-15-32-36(4,5)34(19-21-39(32)25-40(33,39)23-22-37(29,38)6)44-35(42)17-13-28-12-14-30(41)31(24-28)43-8/h10,12-14,17,24,27,29,32-34,41H,9,11,15-16,18-23,25H2,1-8H3/b17-13+/t27-,29-,32-,33+,34+,37-,38+,39-,40-/m1/s1. The lowest BCUT2D eigenvalue weighted by Crippen LogP contribution is -2.58. The molecule has 5 aliphatic carbocycles. The Hall–Kier alpha value is -2.23. The van der Waals surface area contributed by atoms with E-state index in [1.807, 2.05) is 0 Å². The van der Waals surface area contributed by atoms with Gasteiger partial charge in [0.25, 0.3) is 0 Å². The third-order valence-electron chi connectivity index (χ3n) is 14.8. The molecule has 5 saturated carbocycles. The fourth-order valence-electron chi connectivity index (χ4n) is 12.5. The van der Waals surface area contributed by atoms with Crippen molar-refractivity contribution in [2.45, 2.75) is 125 Å². The van der Waals surface area contributed by atoms with E-state index in [4.69, 9.17) is 9.47 Å². The van der Waals surface area contributed by atoms with Crippen molar-refractivity contribution in [2.24, 2.45) is 50.7 Å². The first-order chi connectivity index (χ1) is 20.7. The molecule has 6 rings (SSSR count). The number of ether oxygens (including phenoxy) is 2. The Morgan fingerprint density at radius 1 is 0.977 bits per heavy atom. The third-order valence-corrected chi connectivity index (χ3v) is 14.8. The van der Waals surface area contributed by atoms with Crippen LogP contribution in [0.5, 0.6) is 11.5 Å². The van der Waals surface area contributed by atoms with Crippen LogP contribution in [0.1, 0.15) is 125 Å². The largest absolute Gasteiger partial charge is 0.504 e. The predicted molar refractivity (Wildman–Crippen MR) is 178 cm³/mol. The first-order valence-electron chi connectivity index (χ1n) is 17.6. The monoisotopic (exact) mass is 602 g/mol. The maximum Gasteiger partial charge on any atom is 0.331 e. The van der Waals surface area contributed by atoms with Crippen LogP contribution in [-0.2, 0) is 9.53 Å². The molecule has 4 nitrogen and oxygen atoms in total. The molecule has 0 aromatic heterocycles.